The van der Waals surface area contributed by atoms with Gasteiger partial charge in [0, 0.05) is 26.2 Å². The third-order valence-electron chi connectivity index (χ3n) is 3.52. The van der Waals surface area contributed by atoms with Gasteiger partial charge < -0.3 is 10.1 Å². The average Bonchev–Trinajstić information content (AvgIpc) is 2.57. The molecule has 134 valence electrons. The molecule has 2 rings (SSSR count). The predicted octanol–water partition coefficient (Wildman–Crippen LogP) is 2.86. The van der Waals surface area contributed by atoms with Gasteiger partial charge in [-0.1, -0.05) is 12.1 Å². The van der Waals surface area contributed by atoms with Gasteiger partial charge in [-0.15, -0.1) is 0 Å². The normalized spacial score (nSPS) is 11.4. The lowest BCUT2D eigenvalue weighted by Crippen LogP contribution is -2.26. The fraction of sp³-hybridized carbons (Fsp3) is 0.278. The van der Waals surface area contributed by atoms with Crippen LogP contribution in [0.1, 0.15) is 19.4 Å². The molecule has 2 aromatic carbocycles. The zero-order chi connectivity index (χ0) is 18.4. The maximum absolute atomic E-state index is 12.7. The monoisotopic (exact) mass is 362 g/mol. The van der Waals surface area contributed by atoms with Crippen LogP contribution in [0.5, 0.6) is 5.75 Å². The fourth-order valence-corrected chi connectivity index (χ4v) is 3.45. The first kappa shape index (κ1) is 19.0. The molecule has 0 fully saturated rings. The van der Waals surface area contributed by atoms with E-state index in [4.69, 9.17) is 4.74 Å². The van der Waals surface area contributed by atoms with E-state index in [9.17, 15) is 13.2 Å². The summed E-state index contributed by atoms with van der Waals surface area (Å²) in [5.74, 6) is 0.550. The van der Waals surface area contributed by atoms with Crippen LogP contribution < -0.4 is 10.1 Å². The minimum absolute atomic E-state index is 0.176. The van der Waals surface area contributed by atoms with Crippen LogP contribution in [0.2, 0.25) is 0 Å². The Bertz CT molecular complexity index is 815. The zero-order valence-electron chi connectivity index (χ0n) is 14.5. The lowest BCUT2D eigenvalue weighted by molar-refractivity contribution is -0.114. The highest BCUT2D eigenvalue weighted by molar-refractivity contribution is 7.89. The standard InChI is InChI=1S/C18H22N2O4S/c1-4-24-17-9-5-15(6-10-17)13-20(3)25(22,23)18-11-7-16(8-12-18)19-14(2)21/h5-12H,4,13H2,1-3H3,(H,19,21). The summed E-state index contributed by atoms with van der Waals surface area (Å²) in [6.07, 6.45) is 0. The number of ether oxygens (including phenoxy) is 1. The molecule has 7 heteroatoms. The number of carbonyl (C=O) groups excluding carboxylic acids is 1. The van der Waals surface area contributed by atoms with Crippen molar-refractivity contribution >= 4 is 21.6 Å². The third kappa shape index (κ3) is 5.04. The first-order valence-corrected chi connectivity index (χ1v) is 9.32. The molecule has 0 saturated heterocycles. The van der Waals surface area contributed by atoms with Crippen LogP contribution in [-0.2, 0) is 21.4 Å². The minimum Gasteiger partial charge on any atom is -0.494 e. The van der Waals surface area contributed by atoms with Crippen molar-refractivity contribution in [3.05, 3.63) is 54.1 Å². The lowest BCUT2D eigenvalue weighted by Gasteiger charge is -2.18. The molecule has 0 heterocycles. The maximum atomic E-state index is 12.7. The Morgan fingerprint density at radius 3 is 2.20 bits per heavy atom. The van der Waals surface area contributed by atoms with Crippen molar-refractivity contribution in [1.82, 2.24) is 4.31 Å². The van der Waals surface area contributed by atoms with Gasteiger partial charge in [0.05, 0.1) is 11.5 Å². The number of anilines is 1. The number of amides is 1. The number of hydrogen-bond acceptors (Lipinski definition) is 4. The minimum atomic E-state index is -3.61. The lowest BCUT2D eigenvalue weighted by atomic mass is 10.2. The van der Waals surface area contributed by atoms with E-state index in [1.807, 2.05) is 31.2 Å². The molecule has 0 unspecified atom stereocenters. The summed E-state index contributed by atoms with van der Waals surface area (Å²) in [6.45, 7) is 4.14. The molecule has 0 saturated carbocycles. The van der Waals surface area contributed by atoms with Crippen LogP contribution >= 0.6 is 0 Å². The molecule has 0 aliphatic rings. The second-order valence-electron chi connectivity index (χ2n) is 5.54. The molecule has 25 heavy (non-hydrogen) atoms. The molecule has 1 amide bonds. The Kier molecular flexibility index (Phi) is 6.17. The number of carbonyl (C=O) groups is 1. The molecule has 0 bridgehead atoms. The largest absolute Gasteiger partial charge is 0.494 e. The summed E-state index contributed by atoms with van der Waals surface area (Å²) in [5, 5.41) is 2.61. The highest BCUT2D eigenvalue weighted by Gasteiger charge is 2.20. The smallest absolute Gasteiger partial charge is 0.243 e. The van der Waals surface area contributed by atoms with E-state index in [2.05, 4.69) is 5.32 Å². The maximum Gasteiger partial charge on any atom is 0.243 e. The summed E-state index contributed by atoms with van der Waals surface area (Å²) >= 11 is 0. The average molecular weight is 362 g/mol. The molecule has 1 N–H and O–H groups in total. The molecule has 2 aromatic rings. The number of benzene rings is 2. The second-order valence-corrected chi connectivity index (χ2v) is 7.59. The van der Waals surface area contributed by atoms with E-state index >= 15 is 0 Å². The van der Waals surface area contributed by atoms with E-state index < -0.39 is 10.0 Å². The Morgan fingerprint density at radius 2 is 1.68 bits per heavy atom. The molecule has 0 aliphatic heterocycles. The van der Waals surface area contributed by atoms with Crippen LogP contribution in [0.15, 0.2) is 53.4 Å². The van der Waals surface area contributed by atoms with E-state index in [0.717, 1.165) is 11.3 Å². The Labute approximate surface area is 148 Å². The van der Waals surface area contributed by atoms with Crippen molar-refractivity contribution in [3.8, 4) is 5.75 Å². The predicted molar refractivity (Wildman–Crippen MR) is 97.0 cm³/mol. The Balaban J connectivity index is 2.11. The summed E-state index contributed by atoms with van der Waals surface area (Å²) in [4.78, 5) is 11.2. The van der Waals surface area contributed by atoms with Gasteiger partial charge >= 0.3 is 0 Å². The highest BCUT2D eigenvalue weighted by Crippen LogP contribution is 2.20. The molecule has 0 aromatic heterocycles. The van der Waals surface area contributed by atoms with Crippen molar-refractivity contribution in [1.29, 1.82) is 0 Å². The van der Waals surface area contributed by atoms with Gasteiger partial charge in [-0.25, -0.2) is 8.42 Å². The number of nitrogens with zero attached hydrogens (tertiary/aromatic N) is 1. The SMILES string of the molecule is CCOc1ccc(CN(C)S(=O)(=O)c2ccc(NC(C)=O)cc2)cc1. The van der Waals surface area contributed by atoms with Crippen LogP contribution in [0, 0.1) is 0 Å². The number of nitrogens with one attached hydrogen (secondary N) is 1. The van der Waals surface area contributed by atoms with Gasteiger partial charge in [0.2, 0.25) is 15.9 Å². The first-order chi connectivity index (χ1) is 11.8. The van der Waals surface area contributed by atoms with E-state index in [1.165, 1.54) is 30.4 Å². The Morgan fingerprint density at radius 1 is 1.08 bits per heavy atom. The molecule has 0 atom stereocenters. The van der Waals surface area contributed by atoms with Crippen LogP contribution in [0.4, 0.5) is 5.69 Å². The van der Waals surface area contributed by atoms with Crippen LogP contribution in [-0.4, -0.2) is 32.3 Å². The van der Waals surface area contributed by atoms with E-state index in [0.29, 0.717) is 12.3 Å². The van der Waals surface area contributed by atoms with Crippen molar-refractivity contribution < 1.29 is 17.9 Å². The molecular weight excluding hydrogens is 340 g/mol. The summed E-state index contributed by atoms with van der Waals surface area (Å²) < 4.78 is 32.0. The van der Waals surface area contributed by atoms with E-state index in [-0.39, 0.29) is 17.3 Å². The second kappa shape index (κ2) is 8.13. The van der Waals surface area contributed by atoms with Gasteiger partial charge in [0.1, 0.15) is 5.75 Å². The van der Waals surface area contributed by atoms with Gasteiger partial charge in [0.15, 0.2) is 0 Å². The molecule has 0 radical (unpaired) electrons. The molecule has 0 aliphatic carbocycles. The van der Waals surface area contributed by atoms with Gasteiger partial charge in [-0.3, -0.25) is 4.79 Å². The van der Waals surface area contributed by atoms with Crippen molar-refractivity contribution in [2.45, 2.75) is 25.3 Å². The summed E-state index contributed by atoms with van der Waals surface area (Å²) in [6, 6.07) is 13.4. The fourth-order valence-electron chi connectivity index (χ4n) is 2.29. The summed E-state index contributed by atoms with van der Waals surface area (Å²) in [7, 11) is -2.08. The van der Waals surface area contributed by atoms with Crippen LogP contribution in [0.3, 0.4) is 0 Å². The van der Waals surface area contributed by atoms with Crippen molar-refractivity contribution in [2.24, 2.45) is 0 Å². The summed E-state index contributed by atoms with van der Waals surface area (Å²) in [5.41, 5.74) is 1.42. The number of rotatable bonds is 7. The molecule has 0 spiro atoms. The van der Waals surface area contributed by atoms with E-state index in [1.54, 1.807) is 12.1 Å². The third-order valence-corrected chi connectivity index (χ3v) is 5.34. The van der Waals surface area contributed by atoms with Crippen LogP contribution in [0.25, 0.3) is 0 Å². The van der Waals surface area contributed by atoms with Gasteiger partial charge in [0.25, 0.3) is 0 Å². The highest BCUT2D eigenvalue weighted by atomic mass is 32.2. The quantitative estimate of drug-likeness (QED) is 0.822. The number of sulfonamides is 1. The van der Waals surface area contributed by atoms with Gasteiger partial charge in [-0.2, -0.15) is 4.31 Å². The number of hydrogen-bond donors (Lipinski definition) is 1. The van der Waals surface area contributed by atoms with Crippen molar-refractivity contribution in [3.63, 3.8) is 0 Å². The first-order valence-electron chi connectivity index (χ1n) is 7.88. The molecular formula is C18H22N2O4S. The van der Waals surface area contributed by atoms with Crippen molar-refractivity contribution in [2.75, 3.05) is 19.0 Å². The zero-order valence-corrected chi connectivity index (χ0v) is 15.3. The molecule has 6 nitrogen and oxygen atoms in total. The Hall–Kier alpha value is -2.38. The topological polar surface area (TPSA) is 75.7 Å². The van der Waals surface area contributed by atoms with Gasteiger partial charge in [-0.05, 0) is 48.9 Å².